The van der Waals surface area contributed by atoms with Gasteiger partial charge in [0.1, 0.15) is 10.6 Å². The van der Waals surface area contributed by atoms with Gasteiger partial charge in [0.15, 0.2) is 9.84 Å². The molecule has 0 aliphatic heterocycles. The Morgan fingerprint density at radius 2 is 1.79 bits per heavy atom. The number of sulfone groups is 1. The van der Waals surface area contributed by atoms with Crippen molar-refractivity contribution in [2.75, 3.05) is 7.11 Å². The third kappa shape index (κ3) is 4.15. The maximum Gasteiger partial charge on any atom is 0.417 e. The van der Waals surface area contributed by atoms with Crippen molar-refractivity contribution in [3.05, 3.63) is 52.6 Å². The average molecular weight is 480 g/mol. The van der Waals surface area contributed by atoms with Gasteiger partial charge in [-0.05, 0) is 44.9 Å². The lowest BCUT2D eigenvalue weighted by molar-refractivity contribution is -0.254. The summed E-state index contributed by atoms with van der Waals surface area (Å²) < 4.78 is 72.3. The van der Waals surface area contributed by atoms with E-state index in [2.05, 4.69) is 4.98 Å². The Hall–Kier alpha value is -3.14. The Kier molecular flexibility index (Phi) is 6.18. The number of carbonyl (C=O) groups excluding carboxylic acids is 1. The normalized spacial score (nSPS) is 12.4. The van der Waals surface area contributed by atoms with Gasteiger partial charge in [-0.25, -0.2) is 13.4 Å². The first kappa shape index (κ1) is 24.5. The van der Waals surface area contributed by atoms with Crippen LogP contribution in [0.4, 0.5) is 13.2 Å². The highest BCUT2D eigenvalue weighted by molar-refractivity contribution is 7.92. The van der Waals surface area contributed by atoms with Gasteiger partial charge in [-0.15, -0.1) is 0 Å². The lowest BCUT2D eigenvalue weighted by Gasteiger charge is -2.21. The van der Waals surface area contributed by atoms with Gasteiger partial charge >= 0.3 is 6.18 Å². The number of nitrogens with zero attached hydrogens (tertiary/aromatic N) is 1. The standard InChI is InChI=1S/C23H22F3NO5S/c1-11(2)33(30,31)18-9-15-16(10-17(18)32-5)27-21(13(4)19(15)22(28)29)14-8-6-7-12(3)20(14)23(24,25)26/h6-11H,1-5H3,(H,28,29)/p-1. The number of aromatic nitrogens is 1. The zero-order valence-corrected chi connectivity index (χ0v) is 19.3. The molecule has 0 saturated heterocycles. The average Bonchev–Trinajstić information content (AvgIpc) is 2.70. The number of aryl methyl sites for hydroxylation is 1. The van der Waals surface area contributed by atoms with Crippen LogP contribution in [-0.2, 0) is 16.0 Å². The number of methoxy groups -OCH3 is 1. The smallest absolute Gasteiger partial charge is 0.417 e. The van der Waals surface area contributed by atoms with Crippen molar-refractivity contribution in [2.45, 2.75) is 44.0 Å². The molecule has 0 N–H and O–H groups in total. The van der Waals surface area contributed by atoms with Crippen LogP contribution in [0.2, 0.25) is 0 Å². The van der Waals surface area contributed by atoms with Crippen molar-refractivity contribution >= 4 is 26.7 Å². The SMILES string of the molecule is COc1cc2nc(-c3cccc(C)c3C(F)(F)F)c(C)c(C(=O)[O-])c2cc1S(=O)(=O)C(C)C. The molecule has 2 aromatic carbocycles. The summed E-state index contributed by atoms with van der Waals surface area (Å²) in [5, 5.41) is 11.2. The minimum absolute atomic E-state index is 0.0380. The van der Waals surface area contributed by atoms with E-state index in [9.17, 15) is 31.5 Å². The molecule has 176 valence electrons. The molecule has 0 unspecified atom stereocenters. The van der Waals surface area contributed by atoms with E-state index in [1.807, 2.05) is 0 Å². The molecular formula is C23H21F3NO5S-. The summed E-state index contributed by atoms with van der Waals surface area (Å²) in [5.74, 6) is -1.76. The highest BCUT2D eigenvalue weighted by atomic mass is 32.2. The van der Waals surface area contributed by atoms with Gasteiger partial charge in [0.2, 0.25) is 0 Å². The molecular weight excluding hydrogens is 459 g/mol. The second kappa shape index (κ2) is 8.33. The fourth-order valence-electron chi connectivity index (χ4n) is 3.77. The van der Waals surface area contributed by atoms with Crippen LogP contribution >= 0.6 is 0 Å². The number of hydrogen-bond acceptors (Lipinski definition) is 6. The predicted molar refractivity (Wildman–Crippen MR) is 115 cm³/mol. The molecule has 33 heavy (non-hydrogen) atoms. The van der Waals surface area contributed by atoms with E-state index in [-0.39, 0.29) is 43.9 Å². The first-order valence-electron chi connectivity index (χ1n) is 9.86. The second-order valence-electron chi connectivity index (χ2n) is 7.86. The summed E-state index contributed by atoms with van der Waals surface area (Å²) in [6.07, 6.45) is -4.71. The van der Waals surface area contributed by atoms with Crippen molar-refractivity contribution in [3.8, 4) is 17.0 Å². The largest absolute Gasteiger partial charge is 0.545 e. The number of halogens is 3. The van der Waals surface area contributed by atoms with Crippen LogP contribution < -0.4 is 9.84 Å². The van der Waals surface area contributed by atoms with Crippen molar-refractivity contribution in [1.82, 2.24) is 4.98 Å². The lowest BCUT2D eigenvalue weighted by atomic mass is 9.93. The molecule has 3 rings (SSSR count). The number of fused-ring (bicyclic) bond motifs is 1. The second-order valence-corrected chi connectivity index (χ2v) is 10.3. The van der Waals surface area contributed by atoms with E-state index in [0.717, 1.165) is 6.07 Å². The number of rotatable bonds is 5. The number of pyridine rings is 1. The summed E-state index contributed by atoms with van der Waals surface area (Å²) >= 11 is 0. The molecule has 0 aliphatic carbocycles. The molecule has 6 nitrogen and oxygen atoms in total. The summed E-state index contributed by atoms with van der Waals surface area (Å²) in [5.41, 5.74) is -2.02. The lowest BCUT2D eigenvalue weighted by Crippen LogP contribution is -2.24. The van der Waals surface area contributed by atoms with Crippen LogP contribution in [0.3, 0.4) is 0 Å². The summed E-state index contributed by atoms with van der Waals surface area (Å²) in [6, 6.07) is 6.27. The van der Waals surface area contributed by atoms with Crippen molar-refractivity contribution in [1.29, 1.82) is 0 Å². The predicted octanol–water partition coefficient (Wildman–Crippen LogP) is 4.09. The van der Waals surface area contributed by atoms with Crippen LogP contribution in [0, 0.1) is 13.8 Å². The van der Waals surface area contributed by atoms with Crippen molar-refractivity contribution in [2.24, 2.45) is 0 Å². The monoisotopic (exact) mass is 480 g/mol. The Balaban J connectivity index is 2.51. The maximum atomic E-state index is 13.8. The summed E-state index contributed by atoms with van der Waals surface area (Å²) in [6.45, 7) is 5.54. The van der Waals surface area contributed by atoms with Crippen LogP contribution in [0.25, 0.3) is 22.2 Å². The Morgan fingerprint density at radius 1 is 1.15 bits per heavy atom. The molecule has 0 radical (unpaired) electrons. The number of ether oxygens (including phenoxy) is 1. The minimum Gasteiger partial charge on any atom is -0.545 e. The van der Waals surface area contributed by atoms with Crippen LogP contribution in [0.15, 0.2) is 35.2 Å². The zero-order chi connectivity index (χ0) is 24.9. The van der Waals surface area contributed by atoms with E-state index in [4.69, 9.17) is 4.74 Å². The number of benzene rings is 2. The van der Waals surface area contributed by atoms with Gasteiger partial charge in [-0.3, -0.25) is 0 Å². The third-order valence-corrected chi connectivity index (χ3v) is 7.63. The van der Waals surface area contributed by atoms with E-state index >= 15 is 0 Å². The fraction of sp³-hybridized carbons (Fsp3) is 0.304. The number of alkyl halides is 3. The Bertz CT molecular complexity index is 1380. The van der Waals surface area contributed by atoms with Crippen molar-refractivity contribution in [3.63, 3.8) is 0 Å². The van der Waals surface area contributed by atoms with E-state index in [0.29, 0.717) is 0 Å². The highest BCUT2D eigenvalue weighted by Gasteiger charge is 2.36. The molecule has 0 atom stereocenters. The van der Waals surface area contributed by atoms with E-state index in [1.165, 1.54) is 59.1 Å². The zero-order valence-electron chi connectivity index (χ0n) is 18.5. The number of aromatic carboxylic acids is 1. The van der Waals surface area contributed by atoms with Crippen molar-refractivity contribution < 1.29 is 36.2 Å². The first-order valence-corrected chi connectivity index (χ1v) is 11.4. The molecule has 0 bridgehead atoms. The molecule has 1 aromatic heterocycles. The van der Waals surface area contributed by atoms with Gasteiger partial charge in [-0.2, -0.15) is 13.2 Å². The van der Waals surface area contributed by atoms with Gasteiger partial charge in [0.25, 0.3) is 0 Å². The fourth-order valence-corrected chi connectivity index (χ4v) is 4.98. The summed E-state index contributed by atoms with van der Waals surface area (Å²) in [7, 11) is -2.64. The quantitative estimate of drug-likeness (QED) is 0.546. The Morgan fingerprint density at radius 3 is 2.30 bits per heavy atom. The van der Waals surface area contributed by atoms with E-state index < -0.39 is 38.4 Å². The maximum absolute atomic E-state index is 13.8. The Labute approximate surface area is 189 Å². The van der Waals surface area contributed by atoms with Crippen LogP contribution in [0.1, 0.15) is 40.9 Å². The number of carboxylic acid groups (broad SMARTS) is 1. The van der Waals surface area contributed by atoms with Gasteiger partial charge < -0.3 is 14.6 Å². The van der Waals surface area contributed by atoms with Crippen LogP contribution in [-0.4, -0.2) is 31.7 Å². The number of carbonyl (C=O) groups is 1. The molecule has 10 heteroatoms. The number of carboxylic acids is 1. The topological polar surface area (TPSA) is 96.4 Å². The number of hydrogen-bond donors (Lipinski definition) is 0. The first-order chi connectivity index (χ1) is 15.2. The molecule has 0 spiro atoms. The van der Waals surface area contributed by atoms with Crippen LogP contribution in [0.5, 0.6) is 5.75 Å². The molecule has 0 fully saturated rings. The molecule has 0 saturated carbocycles. The molecule has 3 aromatic rings. The molecule has 1 heterocycles. The van der Waals surface area contributed by atoms with Gasteiger partial charge in [0.05, 0.1) is 35.1 Å². The van der Waals surface area contributed by atoms with Gasteiger partial charge in [-0.1, -0.05) is 18.2 Å². The molecule has 0 amide bonds. The highest BCUT2D eigenvalue weighted by Crippen LogP contribution is 2.42. The summed E-state index contributed by atoms with van der Waals surface area (Å²) in [4.78, 5) is 16.1. The van der Waals surface area contributed by atoms with Gasteiger partial charge in [0, 0.05) is 22.6 Å². The molecule has 0 aliphatic rings. The third-order valence-electron chi connectivity index (χ3n) is 5.46. The van der Waals surface area contributed by atoms with E-state index in [1.54, 1.807) is 0 Å². The minimum atomic E-state index is -4.71.